The van der Waals surface area contributed by atoms with Gasteiger partial charge in [0.25, 0.3) is 11.6 Å². The number of piperazine rings is 1. The normalized spacial score (nSPS) is 13.2. The number of esters is 1. The molecule has 1 aliphatic heterocycles. The molecule has 0 unspecified atom stereocenters. The van der Waals surface area contributed by atoms with Crippen LogP contribution in [0.5, 0.6) is 11.5 Å². The first-order valence-corrected chi connectivity index (χ1v) is 10.3. The summed E-state index contributed by atoms with van der Waals surface area (Å²) in [5.41, 5.74) is 1.13. The van der Waals surface area contributed by atoms with Crippen LogP contribution in [0, 0.1) is 10.1 Å². The Morgan fingerprint density at radius 3 is 2.39 bits per heavy atom. The zero-order valence-electron chi connectivity index (χ0n) is 18.3. The van der Waals surface area contributed by atoms with Crippen molar-refractivity contribution in [1.82, 2.24) is 4.90 Å². The molecule has 0 radical (unpaired) electrons. The van der Waals surface area contributed by atoms with Gasteiger partial charge in [0.05, 0.1) is 17.6 Å². The Morgan fingerprint density at radius 1 is 1.09 bits per heavy atom. The molecule has 10 heteroatoms. The Labute approximate surface area is 191 Å². The van der Waals surface area contributed by atoms with Crippen LogP contribution < -0.4 is 14.4 Å². The highest BCUT2D eigenvalue weighted by atomic mass is 16.6. The first-order chi connectivity index (χ1) is 15.9. The van der Waals surface area contributed by atoms with Crippen LogP contribution in [0.25, 0.3) is 0 Å². The van der Waals surface area contributed by atoms with Gasteiger partial charge in [-0.15, -0.1) is 0 Å². The summed E-state index contributed by atoms with van der Waals surface area (Å²) in [6, 6.07) is 10.9. The minimum Gasteiger partial charge on any atom is -0.493 e. The molecule has 2 aromatic carbocycles. The predicted octanol–water partition coefficient (Wildman–Crippen LogP) is 2.67. The molecule has 2 aromatic rings. The summed E-state index contributed by atoms with van der Waals surface area (Å²) in [6.45, 7) is 5.56. The van der Waals surface area contributed by atoms with Gasteiger partial charge in [-0.2, -0.15) is 0 Å². The standard InChI is InChI=1S/C23H25N3O7/c1-3-14-32-20-9-4-17(15-21(20)31-2)23(28)33-16-22(27)25-12-10-24(11-13-25)18-5-7-19(8-6-18)26(29)30/h3-9,15H,1,10-14,16H2,2H3. The summed E-state index contributed by atoms with van der Waals surface area (Å²) in [7, 11) is 1.46. The number of anilines is 1. The van der Waals surface area contributed by atoms with Crippen molar-refractivity contribution in [1.29, 1.82) is 0 Å². The number of hydrogen-bond donors (Lipinski definition) is 0. The maximum absolute atomic E-state index is 12.5. The molecule has 1 amide bonds. The number of nitrogens with zero attached hydrogens (tertiary/aromatic N) is 3. The smallest absolute Gasteiger partial charge is 0.338 e. The number of amides is 1. The Kier molecular flexibility index (Phi) is 7.85. The third kappa shape index (κ3) is 6.00. The first kappa shape index (κ1) is 23.6. The van der Waals surface area contributed by atoms with Gasteiger partial charge in [0.2, 0.25) is 0 Å². The SMILES string of the molecule is C=CCOc1ccc(C(=O)OCC(=O)N2CCN(c3ccc([N+](=O)[O-])cc3)CC2)cc1OC. The zero-order chi connectivity index (χ0) is 23.8. The lowest BCUT2D eigenvalue weighted by molar-refractivity contribution is -0.384. The van der Waals surface area contributed by atoms with E-state index in [1.165, 1.54) is 31.4 Å². The van der Waals surface area contributed by atoms with Crippen LogP contribution in [-0.2, 0) is 9.53 Å². The number of ether oxygens (including phenoxy) is 3. The van der Waals surface area contributed by atoms with Crippen LogP contribution in [0.15, 0.2) is 55.1 Å². The summed E-state index contributed by atoms with van der Waals surface area (Å²) < 4.78 is 15.9. The number of non-ortho nitro benzene ring substituents is 1. The second-order valence-corrected chi connectivity index (χ2v) is 7.18. The number of rotatable bonds is 9. The van der Waals surface area contributed by atoms with Crippen LogP contribution in [0.4, 0.5) is 11.4 Å². The van der Waals surface area contributed by atoms with E-state index in [2.05, 4.69) is 6.58 Å². The Hall–Kier alpha value is -4.08. The number of carbonyl (C=O) groups is 2. The highest BCUT2D eigenvalue weighted by Gasteiger charge is 2.23. The van der Waals surface area contributed by atoms with Crippen molar-refractivity contribution in [3.05, 3.63) is 70.8 Å². The maximum atomic E-state index is 12.5. The van der Waals surface area contributed by atoms with Gasteiger partial charge >= 0.3 is 5.97 Å². The van der Waals surface area contributed by atoms with Crippen LogP contribution in [0.2, 0.25) is 0 Å². The maximum Gasteiger partial charge on any atom is 0.338 e. The van der Waals surface area contributed by atoms with E-state index in [-0.39, 0.29) is 23.8 Å². The summed E-state index contributed by atoms with van der Waals surface area (Å²) in [5.74, 6) is -0.0815. The van der Waals surface area contributed by atoms with E-state index in [9.17, 15) is 19.7 Å². The molecule has 1 heterocycles. The van der Waals surface area contributed by atoms with Crippen molar-refractivity contribution >= 4 is 23.3 Å². The third-order valence-electron chi connectivity index (χ3n) is 5.14. The van der Waals surface area contributed by atoms with E-state index >= 15 is 0 Å². The first-order valence-electron chi connectivity index (χ1n) is 10.3. The molecule has 0 spiro atoms. The van der Waals surface area contributed by atoms with Crippen LogP contribution in [0.1, 0.15) is 10.4 Å². The lowest BCUT2D eigenvalue weighted by atomic mass is 10.2. The fraction of sp³-hybridized carbons (Fsp3) is 0.304. The van der Waals surface area contributed by atoms with Gasteiger partial charge in [-0.25, -0.2) is 4.79 Å². The van der Waals surface area contributed by atoms with Crippen molar-refractivity contribution < 1.29 is 28.7 Å². The number of nitro benzene ring substituents is 1. The number of benzene rings is 2. The molecule has 0 N–H and O–H groups in total. The topological polar surface area (TPSA) is 111 Å². The highest BCUT2D eigenvalue weighted by Crippen LogP contribution is 2.28. The molecular weight excluding hydrogens is 430 g/mol. The Bertz CT molecular complexity index is 1020. The fourth-order valence-corrected chi connectivity index (χ4v) is 3.36. The van der Waals surface area contributed by atoms with Gasteiger partial charge in [-0.3, -0.25) is 14.9 Å². The summed E-state index contributed by atoms with van der Waals surface area (Å²) in [4.78, 5) is 38.9. The van der Waals surface area contributed by atoms with Crippen LogP contribution in [0.3, 0.4) is 0 Å². The lowest BCUT2D eigenvalue weighted by Gasteiger charge is -2.36. The van der Waals surface area contributed by atoms with Crippen molar-refractivity contribution in [2.24, 2.45) is 0 Å². The highest BCUT2D eigenvalue weighted by molar-refractivity contribution is 5.92. The van der Waals surface area contributed by atoms with E-state index in [0.29, 0.717) is 44.3 Å². The molecule has 33 heavy (non-hydrogen) atoms. The third-order valence-corrected chi connectivity index (χ3v) is 5.14. The molecule has 0 bridgehead atoms. The molecule has 174 valence electrons. The number of nitro groups is 1. The summed E-state index contributed by atoms with van der Waals surface area (Å²) in [6.07, 6.45) is 1.60. The number of carbonyl (C=O) groups excluding carboxylic acids is 2. The van der Waals surface area contributed by atoms with E-state index in [0.717, 1.165) is 5.69 Å². The Morgan fingerprint density at radius 2 is 1.79 bits per heavy atom. The minimum atomic E-state index is -0.638. The Balaban J connectivity index is 1.49. The van der Waals surface area contributed by atoms with Gasteiger partial charge < -0.3 is 24.0 Å². The summed E-state index contributed by atoms with van der Waals surface area (Å²) in [5, 5.41) is 10.8. The average molecular weight is 455 g/mol. The fourth-order valence-electron chi connectivity index (χ4n) is 3.36. The van der Waals surface area contributed by atoms with Gasteiger partial charge in [-0.05, 0) is 30.3 Å². The largest absolute Gasteiger partial charge is 0.493 e. The minimum absolute atomic E-state index is 0.0333. The van der Waals surface area contributed by atoms with Gasteiger partial charge in [0.15, 0.2) is 18.1 Å². The molecule has 1 saturated heterocycles. The van der Waals surface area contributed by atoms with Gasteiger partial charge in [0, 0.05) is 44.0 Å². The zero-order valence-corrected chi connectivity index (χ0v) is 18.3. The second-order valence-electron chi connectivity index (χ2n) is 7.18. The molecule has 10 nitrogen and oxygen atoms in total. The van der Waals surface area contributed by atoms with E-state index in [1.54, 1.807) is 29.2 Å². The molecule has 0 saturated carbocycles. The van der Waals surface area contributed by atoms with E-state index in [1.807, 2.05) is 4.90 Å². The van der Waals surface area contributed by atoms with E-state index < -0.39 is 10.9 Å². The average Bonchev–Trinajstić information content (AvgIpc) is 2.85. The van der Waals surface area contributed by atoms with E-state index in [4.69, 9.17) is 14.2 Å². The van der Waals surface area contributed by atoms with Crippen LogP contribution >= 0.6 is 0 Å². The van der Waals surface area contributed by atoms with Crippen molar-refractivity contribution in [3.8, 4) is 11.5 Å². The van der Waals surface area contributed by atoms with Gasteiger partial charge in [0.1, 0.15) is 6.61 Å². The molecular formula is C23H25N3O7. The summed E-state index contributed by atoms with van der Waals surface area (Å²) >= 11 is 0. The second kappa shape index (κ2) is 11.0. The molecule has 0 aromatic heterocycles. The van der Waals surface area contributed by atoms with Gasteiger partial charge in [-0.1, -0.05) is 12.7 Å². The molecule has 0 aliphatic carbocycles. The molecule has 1 aliphatic rings. The predicted molar refractivity (Wildman–Crippen MR) is 121 cm³/mol. The van der Waals surface area contributed by atoms with Crippen molar-refractivity contribution in [2.75, 3.05) is 51.4 Å². The quantitative estimate of drug-likeness (QED) is 0.246. The van der Waals surface area contributed by atoms with Crippen molar-refractivity contribution in [3.63, 3.8) is 0 Å². The lowest BCUT2D eigenvalue weighted by Crippen LogP contribution is -2.49. The number of methoxy groups -OCH3 is 1. The molecule has 3 rings (SSSR count). The van der Waals surface area contributed by atoms with Crippen LogP contribution in [-0.4, -0.2) is 68.2 Å². The number of hydrogen-bond acceptors (Lipinski definition) is 8. The molecule has 1 fully saturated rings. The van der Waals surface area contributed by atoms with Crippen molar-refractivity contribution in [2.45, 2.75) is 0 Å². The molecule has 0 atom stereocenters. The monoisotopic (exact) mass is 455 g/mol.